The lowest BCUT2D eigenvalue weighted by atomic mass is 9.99. The highest BCUT2D eigenvalue weighted by molar-refractivity contribution is 7.14. The van der Waals surface area contributed by atoms with Gasteiger partial charge >= 0.3 is 6.18 Å². The van der Waals surface area contributed by atoms with E-state index in [0.29, 0.717) is 47.3 Å². The third-order valence-electron chi connectivity index (χ3n) is 7.87. The summed E-state index contributed by atoms with van der Waals surface area (Å²) in [6.45, 7) is 2.67. The van der Waals surface area contributed by atoms with Gasteiger partial charge in [0.1, 0.15) is 6.04 Å². The molecule has 3 amide bonds. The zero-order chi connectivity index (χ0) is 31.0. The van der Waals surface area contributed by atoms with E-state index < -0.39 is 17.8 Å². The Morgan fingerprint density at radius 2 is 1.84 bits per heavy atom. The lowest BCUT2D eigenvalue weighted by molar-refractivity contribution is -0.136. The molecule has 0 saturated heterocycles. The highest BCUT2D eigenvalue weighted by atomic mass is 32.1. The third kappa shape index (κ3) is 5.77. The number of alkyl halides is 3. The molecule has 0 spiro atoms. The van der Waals surface area contributed by atoms with Crippen molar-refractivity contribution in [1.29, 1.82) is 0 Å². The van der Waals surface area contributed by atoms with Crippen LogP contribution in [0.5, 0.6) is 0 Å². The van der Waals surface area contributed by atoms with E-state index in [-0.39, 0.29) is 29.7 Å². The average Bonchev–Trinajstić information content (AvgIpc) is 3.67. The fraction of sp³-hybridized carbons (Fsp3) is 0.250. The number of nitrogens with zero attached hydrogens (tertiary/aromatic N) is 2. The van der Waals surface area contributed by atoms with E-state index in [1.54, 1.807) is 53.6 Å². The second-order valence-corrected chi connectivity index (χ2v) is 11.8. The summed E-state index contributed by atoms with van der Waals surface area (Å²) in [7, 11) is 0. The van der Waals surface area contributed by atoms with Gasteiger partial charge in [0, 0.05) is 35.5 Å². The minimum atomic E-state index is -4.48. The quantitative estimate of drug-likeness (QED) is 0.214. The van der Waals surface area contributed by atoms with Gasteiger partial charge in [0.2, 0.25) is 5.91 Å². The number of hydrogen-bond acceptors (Lipinski definition) is 5. The van der Waals surface area contributed by atoms with Gasteiger partial charge in [-0.1, -0.05) is 37.3 Å². The maximum atomic E-state index is 13.5. The monoisotopic (exact) mass is 619 g/mol. The van der Waals surface area contributed by atoms with Gasteiger partial charge in [0.15, 0.2) is 0 Å². The van der Waals surface area contributed by atoms with Crippen LogP contribution in [0.4, 0.5) is 13.2 Å². The van der Waals surface area contributed by atoms with Gasteiger partial charge in [-0.15, -0.1) is 11.3 Å². The number of amides is 3. The first kappa shape index (κ1) is 29.4. The van der Waals surface area contributed by atoms with Gasteiger partial charge < -0.3 is 15.5 Å². The topological polar surface area (TPSA) is 107 Å². The molecule has 0 aliphatic carbocycles. The molecule has 3 heterocycles. The van der Waals surface area contributed by atoms with Crippen molar-refractivity contribution < 1.29 is 27.6 Å². The summed E-state index contributed by atoms with van der Waals surface area (Å²) in [6, 6.07) is 14.9. The molecule has 0 bridgehead atoms. The SMILES string of the molecule is CC[C@@H](NC(=O)c1ccc2[nH]ncc2c1)C(=O)N1CCc2sc(C(=O)NCc3cccc4c(C(F)(F)F)cccc34)cc2C1. The van der Waals surface area contributed by atoms with Crippen molar-refractivity contribution in [1.82, 2.24) is 25.7 Å². The lowest BCUT2D eigenvalue weighted by Crippen LogP contribution is -2.49. The number of aromatic nitrogens is 2. The summed E-state index contributed by atoms with van der Waals surface area (Å²) in [5, 5.41) is 13.8. The Bertz CT molecular complexity index is 1900. The van der Waals surface area contributed by atoms with E-state index in [0.717, 1.165) is 27.4 Å². The number of hydrogen-bond donors (Lipinski definition) is 3. The van der Waals surface area contributed by atoms with Gasteiger partial charge in [0.25, 0.3) is 11.8 Å². The number of halogens is 3. The Kier molecular flexibility index (Phi) is 7.85. The van der Waals surface area contributed by atoms with Gasteiger partial charge in [-0.05, 0) is 65.1 Å². The van der Waals surface area contributed by atoms with Crippen molar-refractivity contribution in [3.8, 4) is 0 Å². The standard InChI is InChI=1S/C32H28F3N5O3S/c1-2-25(38-29(41)18-9-10-26-20(13-18)16-37-39-26)31(43)40-12-11-27-21(17-40)14-28(44-27)30(42)36-15-19-5-3-7-23-22(19)6-4-8-24(23)32(33,34)35/h3-10,13-14,16,25H,2,11-12,15,17H2,1H3,(H,36,42)(H,37,39)(H,38,41)/t25-/m1/s1. The molecule has 6 rings (SSSR count). The molecule has 0 saturated carbocycles. The molecule has 1 aliphatic rings. The molecule has 1 aliphatic heterocycles. The van der Waals surface area contributed by atoms with Crippen LogP contribution in [0, 0.1) is 0 Å². The molecule has 5 aromatic rings. The number of H-pyrrole nitrogens is 1. The van der Waals surface area contributed by atoms with Gasteiger partial charge in [-0.3, -0.25) is 19.5 Å². The summed E-state index contributed by atoms with van der Waals surface area (Å²) in [4.78, 5) is 42.6. The number of thiophene rings is 1. The van der Waals surface area contributed by atoms with E-state index in [9.17, 15) is 27.6 Å². The molecule has 3 N–H and O–H groups in total. The van der Waals surface area contributed by atoms with Crippen LogP contribution in [-0.4, -0.2) is 45.4 Å². The van der Waals surface area contributed by atoms with Crippen LogP contribution in [0.25, 0.3) is 21.7 Å². The van der Waals surface area contributed by atoms with Gasteiger partial charge in [0.05, 0.1) is 22.2 Å². The van der Waals surface area contributed by atoms with E-state index in [1.165, 1.54) is 23.5 Å². The fourth-order valence-electron chi connectivity index (χ4n) is 5.56. The van der Waals surface area contributed by atoms with Gasteiger partial charge in [-0.2, -0.15) is 18.3 Å². The molecule has 226 valence electrons. The van der Waals surface area contributed by atoms with Crippen molar-refractivity contribution in [3.05, 3.63) is 98.9 Å². The van der Waals surface area contributed by atoms with Crippen molar-refractivity contribution >= 4 is 50.7 Å². The number of nitrogens with one attached hydrogen (secondary N) is 3. The number of benzene rings is 3. The first-order valence-electron chi connectivity index (χ1n) is 14.1. The Labute approximate surface area is 254 Å². The molecule has 44 heavy (non-hydrogen) atoms. The fourth-order valence-corrected chi connectivity index (χ4v) is 6.64. The zero-order valence-corrected chi connectivity index (χ0v) is 24.4. The summed E-state index contributed by atoms with van der Waals surface area (Å²) >= 11 is 1.35. The maximum absolute atomic E-state index is 13.5. The van der Waals surface area contributed by atoms with E-state index in [4.69, 9.17) is 0 Å². The third-order valence-corrected chi connectivity index (χ3v) is 9.11. The van der Waals surface area contributed by atoms with Crippen molar-refractivity contribution in [2.24, 2.45) is 0 Å². The number of carbonyl (C=O) groups is 3. The molecule has 12 heteroatoms. The predicted octanol–water partition coefficient (Wildman–Crippen LogP) is 5.82. The molecule has 0 radical (unpaired) electrons. The minimum Gasteiger partial charge on any atom is -0.347 e. The van der Waals surface area contributed by atoms with Crippen LogP contribution in [0.3, 0.4) is 0 Å². The highest BCUT2D eigenvalue weighted by Gasteiger charge is 2.33. The number of rotatable bonds is 7. The summed E-state index contributed by atoms with van der Waals surface area (Å²) in [6.07, 6.45) is -1.86. The summed E-state index contributed by atoms with van der Waals surface area (Å²) in [5.41, 5.74) is 1.98. The Morgan fingerprint density at radius 3 is 2.64 bits per heavy atom. The van der Waals surface area contributed by atoms with Crippen LogP contribution >= 0.6 is 11.3 Å². The van der Waals surface area contributed by atoms with Crippen LogP contribution < -0.4 is 10.6 Å². The second kappa shape index (κ2) is 11.8. The smallest absolute Gasteiger partial charge is 0.347 e. The van der Waals surface area contributed by atoms with Crippen molar-refractivity contribution in [2.45, 2.75) is 45.1 Å². The number of aromatic amines is 1. The van der Waals surface area contributed by atoms with E-state index in [1.807, 2.05) is 6.92 Å². The Hall–Kier alpha value is -4.71. The van der Waals surface area contributed by atoms with Crippen LogP contribution in [0.15, 0.2) is 66.9 Å². The van der Waals surface area contributed by atoms with E-state index >= 15 is 0 Å². The number of fused-ring (bicyclic) bond motifs is 3. The molecule has 1 atom stereocenters. The number of carbonyl (C=O) groups excluding carboxylic acids is 3. The maximum Gasteiger partial charge on any atom is 0.417 e. The molecule has 0 unspecified atom stereocenters. The first-order chi connectivity index (χ1) is 21.1. The molecule has 3 aromatic carbocycles. The molecule has 8 nitrogen and oxygen atoms in total. The second-order valence-electron chi connectivity index (χ2n) is 10.7. The van der Waals surface area contributed by atoms with Crippen molar-refractivity contribution in [3.63, 3.8) is 0 Å². The lowest BCUT2D eigenvalue weighted by Gasteiger charge is -2.30. The average molecular weight is 620 g/mol. The van der Waals surface area contributed by atoms with Gasteiger partial charge in [-0.25, -0.2) is 0 Å². The summed E-state index contributed by atoms with van der Waals surface area (Å²) < 4.78 is 40.5. The largest absolute Gasteiger partial charge is 0.417 e. The molecule has 2 aromatic heterocycles. The molecular weight excluding hydrogens is 591 g/mol. The zero-order valence-electron chi connectivity index (χ0n) is 23.6. The normalized spacial score (nSPS) is 14.0. The van der Waals surface area contributed by atoms with E-state index in [2.05, 4.69) is 20.8 Å². The van der Waals surface area contributed by atoms with Crippen LogP contribution in [0.2, 0.25) is 0 Å². The molecular formula is C32H28F3N5O3S. The molecule has 0 fully saturated rings. The Morgan fingerprint density at radius 1 is 1.05 bits per heavy atom. The first-order valence-corrected chi connectivity index (χ1v) is 14.9. The predicted molar refractivity (Wildman–Crippen MR) is 161 cm³/mol. The minimum absolute atomic E-state index is 0.0655. The highest BCUT2D eigenvalue weighted by Crippen LogP contribution is 2.36. The summed E-state index contributed by atoms with van der Waals surface area (Å²) in [5.74, 6) is -0.872. The Balaban J connectivity index is 1.10. The van der Waals surface area contributed by atoms with Crippen LogP contribution in [0.1, 0.15) is 54.9 Å². The van der Waals surface area contributed by atoms with Crippen LogP contribution in [-0.2, 0) is 30.5 Å². The van der Waals surface area contributed by atoms with Crippen molar-refractivity contribution in [2.75, 3.05) is 6.54 Å².